The standard InChI is InChI=1S/C28H33F2N5O6S2/c1-28(2,3)12-19(34(4)27(36)37)14-32-22-11-21(29)24(9-18(22)13-31)43(38,39)35(26-33-15-25(30)42-26)16-17-7-8-20(40-5)10-23(17)41-6/h7-11,15,19,32H,12,14,16H2,1-6H3,(H,36,37)/t19-/m0/s1. The van der Waals surface area contributed by atoms with E-state index in [0.717, 1.165) is 27.5 Å². The van der Waals surface area contributed by atoms with E-state index in [9.17, 15) is 28.0 Å². The molecule has 0 saturated heterocycles. The Hall–Kier alpha value is -4.16. The highest BCUT2D eigenvalue weighted by Crippen LogP contribution is 2.35. The van der Waals surface area contributed by atoms with Gasteiger partial charge in [-0.2, -0.15) is 9.65 Å². The molecule has 0 saturated carbocycles. The SMILES string of the molecule is COc1ccc(CN(c2ncc(F)s2)S(=O)(=O)c2cc(C#N)c(NC[C@H](CC(C)(C)C)N(C)C(=O)O)cc2F)c(OC)c1. The Morgan fingerprint density at radius 1 is 1.21 bits per heavy atom. The zero-order valence-electron chi connectivity index (χ0n) is 24.5. The molecule has 2 N–H and O–H groups in total. The number of rotatable bonds is 12. The number of hydrogen-bond acceptors (Lipinski definition) is 9. The van der Waals surface area contributed by atoms with E-state index in [2.05, 4.69) is 10.3 Å². The number of nitriles is 1. The maximum Gasteiger partial charge on any atom is 0.407 e. The molecule has 3 rings (SSSR count). The van der Waals surface area contributed by atoms with Crippen molar-refractivity contribution < 1.29 is 36.6 Å². The van der Waals surface area contributed by atoms with Crippen molar-refractivity contribution in [3.8, 4) is 17.6 Å². The number of thiazole rings is 1. The van der Waals surface area contributed by atoms with Gasteiger partial charge in [-0.25, -0.2) is 26.9 Å². The number of carbonyl (C=O) groups is 1. The van der Waals surface area contributed by atoms with E-state index < -0.39 is 44.5 Å². The molecular weight excluding hydrogens is 604 g/mol. The molecule has 1 amide bonds. The molecule has 0 aliphatic carbocycles. The molecule has 0 radical (unpaired) electrons. The maximum absolute atomic E-state index is 15.6. The molecule has 1 heterocycles. The summed E-state index contributed by atoms with van der Waals surface area (Å²) in [5.74, 6) is -0.461. The van der Waals surface area contributed by atoms with Gasteiger partial charge in [0.2, 0.25) is 5.13 Å². The minimum Gasteiger partial charge on any atom is -0.497 e. The number of carboxylic acid groups (broad SMARTS) is 1. The number of ether oxygens (including phenoxy) is 2. The molecule has 2 aromatic carbocycles. The van der Waals surface area contributed by atoms with Crippen molar-refractivity contribution in [3.05, 3.63) is 58.6 Å². The van der Waals surface area contributed by atoms with Crippen LogP contribution in [0.4, 0.5) is 24.4 Å². The van der Waals surface area contributed by atoms with Crippen LogP contribution in [0.25, 0.3) is 0 Å². The van der Waals surface area contributed by atoms with Crippen molar-refractivity contribution >= 4 is 38.3 Å². The zero-order valence-corrected chi connectivity index (χ0v) is 26.1. The molecule has 0 fully saturated rings. The Kier molecular flexibility index (Phi) is 10.4. The zero-order chi connectivity index (χ0) is 32.1. The third kappa shape index (κ3) is 8.02. The molecule has 0 unspecified atom stereocenters. The molecule has 43 heavy (non-hydrogen) atoms. The number of nitrogens with zero attached hydrogens (tertiary/aromatic N) is 4. The van der Waals surface area contributed by atoms with Crippen LogP contribution in [0.1, 0.15) is 38.3 Å². The first kappa shape index (κ1) is 33.3. The summed E-state index contributed by atoms with van der Waals surface area (Å²) in [7, 11) is -0.508. The Morgan fingerprint density at radius 3 is 2.44 bits per heavy atom. The van der Waals surface area contributed by atoms with Gasteiger partial charge in [0.25, 0.3) is 10.0 Å². The number of benzene rings is 2. The Morgan fingerprint density at radius 2 is 1.91 bits per heavy atom. The number of halogens is 2. The number of likely N-dealkylation sites (N-methyl/N-ethyl adjacent to an activating group) is 1. The average Bonchev–Trinajstić information content (AvgIpc) is 3.37. The predicted molar refractivity (Wildman–Crippen MR) is 158 cm³/mol. The van der Waals surface area contributed by atoms with E-state index in [4.69, 9.17) is 9.47 Å². The van der Waals surface area contributed by atoms with E-state index in [1.54, 1.807) is 12.1 Å². The van der Waals surface area contributed by atoms with Crippen molar-refractivity contribution in [2.45, 2.75) is 44.7 Å². The normalized spacial score (nSPS) is 12.3. The van der Waals surface area contributed by atoms with E-state index in [1.165, 1.54) is 27.3 Å². The minimum absolute atomic E-state index is 0.0136. The lowest BCUT2D eigenvalue weighted by Crippen LogP contribution is -2.42. The summed E-state index contributed by atoms with van der Waals surface area (Å²) in [6, 6.07) is 7.75. The summed E-state index contributed by atoms with van der Waals surface area (Å²) in [6.07, 6.45) is 0.143. The topological polar surface area (TPSA) is 145 Å². The first-order valence-corrected chi connectivity index (χ1v) is 15.1. The van der Waals surface area contributed by atoms with Crippen LogP contribution in [-0.2, 0) is 16.6 Å². The van der Waals surface area contributed by atoms with Gasteiger partial charge < -0.3 is 24.8 Å². The second-order valence-electron chi connectivity index (χ2n) is 10.8. The van der Waals surface area contributed by atoms with Gasteiger partial charge in [-0.05, 0) is 36.1 Å². The van der Waals surface area contributed by atoms with Gasteiger partial charge in [0.1, 0.15) is 28.3 Å². The molecule has 0 aliphatic heterocycles. The molecule has 0 bridgehead atoms. The fraction of sp³-hybridized carbons (Fsp3) is 0.393. The number of nitrogens with one attached hydrogen (secondary N) is 1. The number of methoxy groups -OCH3 is 2. The third-order valence-electron chi connectivity index (χ3n) is 6.47. The Bertz CT molecular complexity index is 1620. The fourth-order valence-electron chi connectivity index (χ4n) is 4.30. The molecule has 3 aromatic rings. The highest BCUT2D eigenvalue weighted by atomic mass is 32.2. The van der Waals surface area contributed by atoms with Gasteiger partial charge in [-0.3, -0.25) is 0 Å². The van der Waals surface area contributed by atoms with Crippen molar-refractivity contribution in [3.63, 3.8) is 0 Å². The Labute approximate surface area is 253 Å². The quantitative estimate of drug-likeness (QED) is 0.262. The summed E-state index contributed by atoms with van der Waals surface area (Å²) in [6.45, 7) is 5.45. The van der Waals surface area contributed by atoms with Crippen molar-refractivity contribution in [1.29, 1.82) is 5.26 Å². The first-order chi connectivity index (χ1) is 20.1. The van der Waals surface area contributed by atoms with Crippen LogP contribution < -0.4 is 19.1 Å². The summed E-state index contributed by atoms with van der Waals surface area (Å²) >= 11 is 0.448. The fourth-order valence-corrected chi connectivity index (χ4v) is 6.63. The number of hydrogen-bond donors (Lipinski definition) is 2. The molecule has 15 heteroatoms. The molecule has 0 spiro atoms. The molecule has 11 nitrogen and oxygen atoms in total. The second kappa shape index (κ2) is 13.4. The summed E-state index contributed by atoms with van der Waals surface area (Å²) in [5.41, 5.74) is -0.1000. The van der Waals surface area contributed by atoms with Gasteiger partial charge in [-0.15, -0.1) is 0 Å². The molecule has 232 valence electrons. The molecule has 0 aliphatic rings. The van der Waals surface area contributed by atoms with Crippen LogP contribution in [0.15, 0.2) is 41.4 Å². The lowest BCUT2D eigenvalue weighted by Gasteiger charge is -2.32. The third-order valence-corrected chi connectivity index (χ3v) is 9.15. The summed E-state index contributed by atoms with van der Waals surface area (Å²) in [5, 5.41) is 21.2. The van der Waals surface area contributed by atoms with E-state index in [0.29, 0.717) is 29.1 Å². The van der Waals surface area contributed by atoms with Crippen LogP contribution in [0.2, 0.25) is 0 Å². The summed E-state index contributed by atoms with van der Waals surface area (Å²) < 4.78 is 68.8. The van der Waals surface area contributed by atoms with Crippen molar-refractivity contribution in [1.82, 2.24) is 9.88 Å². The first-order valence-electron chi connectivity index (χ1n) is 12.9. The van der Waals surface area contributed by atoms with Gasteiger partial charge >= 0.3 is 6.09 Å². The second-order valence-corrected chi connectivity index (χ2v) is 13.6. The highest BCUT2D eigenvalue weighted by Gasteiger charge is 2.33. The van der Waals surface area contributed by atoms with Gasteiger partial charge in [0, 0.05) is 25.2 Å². The monoisotopic (exact) mass is 637 g/mol. The minimum atomic E-state index is -4.75. The number of anilines is 2. The lowest BCUT2D eigenvalue weighted by molar-refractivity contribution is 0.127. The van der Waals surface area contributed by atoms with Gasteiger partial charge in [0.15, 0.2) is 5.13 Å². The largest absolute Gasteiger partial charge is 0.497 e. The van der Waals surface area contributed by atoms with Gasteiger partial charge in [0.05, 0.1) is 44.3 Å². The van der Waals surface area contributed by atoms with E-state index in [-0.39, 0.29) is 34.1 Å². The lowest BCUT2D eigenvalue weighted by atomic mass is 9.87. The van der Waals surface area contributed by atoms with E-state index >= 15 is 4.39 Å². The van der Waals surface area contributed by atoms with Crippen molar-refractivity contribution in [2.75, 3.05) is 37.4 Å². The number of amides is 1. The van der Waals surface area contributed by atoms with Crippen LogP contribution in [0, 0.1) is 27.7 Å². The highest BCUT2D eigenvalue weighted by molar-refractivity contribution is 7.93. The Balaban J connectivity index is 2.04. The van der Waals surface area contributed by atoms with Crippen molar-refractivity contribution in [2.24, 2.45) is 5.41 Å². The predicted octanol–water partition coefficient (Wildman–Crippen LogP) is 5.53. The summed E-state index contributed by atoms with van der Waals surface area (Å²) in [4.78, 5) is 15.8. The number of aromatic nitrogens is 1. The molecule has 1 atom stereocenters. The van der Waals surface area contributed by atoms with Crippen LogP contribution in [0.3, 0.4) is 0 Å². The maximum atomic E-state index is 15.6. The average molecular weight is 638 g/mol. The number of sulfonamides is 1. The molecule has 1 aromatic heterocycles. The van der Waals surface area contributed by atoms with E-state index in [1.807, 2.05) is 26.8 Å². The molecular formula is C28H33F2N5O6S2. The van der Waals surface area contributed by atoms with Gasteiger partial charge in [-0.1, -0.05) is 32.1 Å². The van der Waals surface area contributed by atoms with Crippen LogP contribution >= 0.6 is 11.3 Å². The smallest absolute Gasteiger partial charge is 0.407 e. The van der Waals surface area contributed by atoms with Crippen LogP contribution in [0.5, 0.6) is 11.5 Å². The van der Waals surface area contributed by atoms with Crippen LogP contribution in [-0.4, -0.2) is 63.4 Å².